The van der Waals surface area contributed by atoms with Gasteiger partial charge in [-0.2, -0.15) is 0 Å². The highest BCUT2D eigenvalue weighted by molar-refractivity contribution is 6.04. The Morgan fingerprint density at radius 2 is 1.60 bits per heavy atom. The van der Waals surface area contributed by atoms with Crippen LogP contribution in [0.5, 0.6) is 11.5 Å². The molecule has 5 heteroatoms. The summed E-state index contributed by atoms with van der Waals surface area (Å²) in [7, 11) is 4.80. The molecule has 0 fully saturated rings. The molecule has 0 aliphatic rings. The van der Waals surface area contributed by atoms with E-state index in [1.54, 1.807) is 39.5 Å². The molecular weight excluding hydrogens is 318 g/mol. The smallest absolute Gasteiger partial charge is 0.255 e. The summed E-state index contributed by atoms with van der Waals surface area (Å²) in [6, 6.07) is 12.9. The molecule has 0 saturated heterocycles. The number of anilines is 1. The minimum atomic E-state index is -0.204. The first-order valence-corrected chi connectivity index (χ1v) is 8.04. The zero-order valence-electron chi connectivity index (χ0n) is 15.4. The van der Waals surface area contributed by atoms with Crippen molar-refractivity contribution >= 4 is 11.6 Å². The standard InChI is InChI=1S/C20H25NO4/c1-20(2,13-23-3)15-7-9-16(10-8-15)21-19(22)14-6-11-17(24-4)18(12-14)25-5/h6-12H,13H2,1-5H3,(H,21,22). The van der Waals surface area contributed by atoms with Crippen molar-refractivity contribution < 1.29 is 19.0 Å². The van der Waals surface area contributed by atoms with Crippen molar-refractivity contribution in [3.05, 3.63) is 53.6 Å². The fourth-order valence-electron chi connectivity index (χ4n) is 2.63. The second-order valence-corrected chi connectivity index (χ2v) is 6.42. The van der Waals surface area contributed by atoms with Gasteiger partial charge in [-0.05, 0) is 35.9 Å². The molecule has 0 aliphatic heterocycles. The van der Waals surface area contributed by atoms with Gasteiger partial charge in [0.15, 0.2) is 11.5 Å². The van der Waals surface area contributed by atoms with Crippen LogP contribution in [0.3, 0.4) is 0 Å². The summed E-state index contributed by atoms with van der Waals surface area (Å²) in [5.41, 5.74) is 2.30. The van der Waals surface area contributed by atoms with E-state index in [0.717, 1.165) is 11.3 Å². The minimum Gasteiger partial charge on any atom is -0.493 e. The molecule has 0 atom stereocenters. The maximum Gasteiger partial charge on any atom is 0.255 e. The van der Waals surface area contributed by atoms with E-state index in [2.05, 4.69) is 19.2 Å². The average molecular weight is 343 g/mol. The van der Waals surface area contributed by atoms with Crippen molar-refractivity contribution in [3.8, 4) is 11.5 Å². The van der Waals surface area contributed by atoms with Crippen LogP contribution >= 0.6 is 0 Å². The Labute approximate surface area is 148 Å². The molecule has 5 nitrogen and oxygen atoms in total. The Kier molecular flexibility index (Phi) is 6.04. The zero-order chi connectivity index (χ0) is 18.4. The van der Waals surface area contributed by atoms with Crippen LogP contribution < -0.4 is 14.8 Å². The maximum atomic E-state index is 12.4. The summed E-state index contributed by atoms with van der Waals surface area (Å²) in [5, 5.41) is 2.89. The Morgan fingerprint density at radius 3 is 2.16 bits per heavy atom. The highest BCUT2D eigenvalue weighted by atomic mass is 16.5. The molecule has 0 bridgehead atoms. The maximum absolute atomic E-state index is 12.4. The lowest BCUT2D eigenvalue weighted by molar-refractivity contribution is 0.102. The van der Waals surface area contributed by atoms with Gasteiger partial charge in [0.1, 0.15) is 0 Å². The van der Waals surface area contributed by atoms with E-state index < -0.39 is 0 Å². The zero-order valence-corrected chi connectivity index (χ0v) is 15.4. The van der Waals surface area contributed by atoms with Crippen molar-refractivity contribution in [2.75, 3.05) is 33.3 Å². The van der Waals surface area contributed by atoms with Gasteiger partial charge in [0.25, 0.3) is 5.91 Å². The summed E-state index contributed by atoms with van der Waals surface area (Å²) in [6.45, 7) is 4.87. The van der Waals surface area contributed by atoms with Crippen LogP contribution in [0.2, 0.25) is 0 Å². The van der Waals surface area contributed by atoms with Crippen molar-refractivity contribution in [1.29, 1.82) is 0 Å². The number of benzene rings is 2. The van der Waals surface area contributed by atoms with Gasteiger partial charge < -0.3 is 19.5 Å². The summed E-state index contributed by atoms with van der Waals surface area (Å²) < 4.78 is 15.7. The van der Waals surface area contributed by atoms with Crippen LogP contribution in [0.1, 0.15) is 29.8 Å². The number of nitrogens with one attached hydrogen (secondary N) is 1. The molecule has 0 unspecified atom stereocenters. The largest absolute Gasteiger partial charge is 0.493 e. The molecule has 0 heterocycles. The number of hydrogen-bond donors (Lipinski definition) is 1. The van der Waals surface area contributed by atoms with E-state index in [4.69, 9.17) is 14.2 Å². The fraction of sp³-hybridized carbons (Fsp3) is 0.350. The van der Waals surface area contributed by atoms with Crippen molar-refractivity contribution in [3.63, 3.8) is 0 Å². The molecule has 0 aliphatic carbocycles. The number of methoxy groups -OCH3 is 3. The van der Waals surface area contributed by atoms with Gasteiger partial charge in [0.2, 0.25) is 0 Å². The Morgan fingerprint density at radius 1 is 0.960 bits per heavy atom. The van der Waals surface area contributed by atoms with Gasteiger partial charge in [-0.15, -0.1) is 0 Å². The monoisotopic (exact) mass is 343 g/mol. The third-order valence-electron chi connectivity index (χ3n) is 4.08. The molecule has 0 aromatic heterocycles. The third kappa shape index (κ3) is 4.51. The van der Waals surface area contributed by atoms with Crippen LogP contribution in [0.15, 0.2) is 42.5 Å². The van der Waals surface area contributed by atoms with E-state index in [-0.39, 0.29) is 11.3 Å². The summed E-state index contributed by atoms with van der Waals surface area (Å²) in [6.07, 6.45) is 0. The molecule has 2 rings (SSSR count). The van der Waals surface area contributed by atoms with Crippen LogP contribution in [0.25, 0.3) is 0 Å². The Hall–Kier alpha value is -2.53. The van der Waals surface area contributed by atoms with Crippen LogP contribution in [0.4, 0.5) is 5.69 Å². The number of amides is 1. The number of ether oxygens (including phenoxy) is 3. The number of carbonyl (C=O) groups excluding carboxylic acids is 1. The highest BCUT2D eigenvalue weighted by Gasteiger charge is 2.20. The van der Waals surface area contributed by atoms with E-state index in [0.29, 0.717) is 23.7 Å². The average Bonchev–Trinajstić information content (AvgIpc) is 2.61. The van der Waals surface area contributed by atoms with Crippen molar-refractivity contribution in [2.24, 2.45) is 0 Å². The molecule has 134 valence electrons. The topological polar surface area (TPSA) is 56.8 Å². The molecule has 2 aromatic rings. The normalized spacial score (nSPS) is 11.1. The van der Waals surface area contributed by atoms with Crippen molar-refractivity contribution in [1.82, 2.24) is 0 Å². The van der Waals surface area contributed by atoms with E-state index in [1.165, 1.54) is 0 Å². The first-order valence-electron chi connectivity index (χ1n) is 8.04. The highest BCUT2D eigenvalue weighted by Crippen LogP contribution is 2.28. The predicted molar refractivity (Wildman–Crippen MR) is 98.8 cm³/mol. The molecular formula is C20H25NO4. The lowest BCUT2D eigenvalue weighted by atomic mass is 9.85. The quantitative estimate of drug-likeness (QED) is 0.829. The van der Waals surface area contributed by atoms with Crippen LogP contribution in [-0.4, -0.2) is 33.8 Å². The molecule has 0 radical (unpaired) electrons. The van der Waals surface area contributed by atoms with Gasteiger partial charge in [-0.25, -0.2) is 0 Å². The SMILES string of the molecule is COCC(C)(C)c1ccc(NC(=O)c2ccc(OC)c(OC)c2)cc1. The van der Waals surface area contributed by atoms with Crippen LogP contribution in [-0.2, 0) is 10.2 Å². The third-order valence-corrected chi connectivity index (χ3v) is 4.08. The molecule has 1 amide bonds. The summed E-state index contributed by atoms with van der Waals surface area (Å²) in [5.74, 6) is 0.903. The predicted octanol–water partition coefficient (Wildman–Crippen LogP) is 3.88. The molecule has 25 heavy (non-hydrogen) atoms. The molecule has 0 spiro atoms. The first-order chi connectivity index (χ1) is 11.9. The second-order valence-electron chi connectivity index (χ2n) is 6.42. The summed E-state index contributed by atoms with van der Waals surface area (Å²) in [4.78, 5) is 12.4. The van der Waals surface area contributed by atoms with E-state index >= 15 is 0 Å². The van der Waals surface area contributed by atoms with Crippen LogP contribution in [0, 0.1) is 0 Å². The Balaban J connectivity index is 2.13. The number of hydrogen-bond acceptors (Lipinski definition) is 4. The van der Waals surface area contributed by atoms with Gasteiger partial charge in [0.05, 0.1) is 20.8 Å². The molecule has 1 N–H and O–H groups in total. The van der Waals surface area contributed by atoms with Gasteiger partial charge >= 0.3 is 0 Å². The lowest BCUT2D eigenvalue weighted by Crippen LogP contribution is -2.23. The van der Waals surface area contributed by atoms with E-state index in [9.17, 15) is 4.79 Å². The lowest BCUT2D eigenvalue weighted by Gasteiger charge is -2.24. The molecule has 2 aromatic carbocycles. The first kappa shape index (κ1) is 18.8. The van der Waals surface area contributed by atoms with Gasteiger partial charge in [0, 0.05) is 23.8 Å². The van der Waals surface area contributed by atoms with Crippen molar-refractivity contribution in [2.45, 2.75) is 19.3 Å². The fourth-order valence-corrected chi connectivity index (χ4v) is 2.63. The van der Waals surface area contributed by atoms with Gasteiger partial charge in [-0.3, -0.25) is 4.79 Å². The van der Waals surface area contributed by atoms with E-state index in [1.807, 2.05) is 24.3 Å². The Bertz CT molecular complexity index is 723. The second kappa shape index (κ2) is 8.03. The minimum absolute atomic E-state index is 0.0827. The number of rotatable bonds is 7. The molecule has 0 saturated carbocycles. The summed E-state index contributed by atoms with van der Waals surface area (Å²) >= 11 is 0. The van der Waals surface area contributed by atoms with Gasteiger partial charge in [-0.1, -0.05) is 26.0 Å². The number of carbonyl (C=O) groups is 1.